The molecular weight excluding hydrogens is 174 g/mol. The third-order valence-corrected chi connectivity index (χ3v) is 3.26. The largest absolute Gasteiger partial charge is 0.383 e. The lowest BCUT2D eigenvalue weighted by Crippen LogP contribution is -2.43. The fourth-order valence-corrected chi connectivity index (χ4v) is 2.47. The molecule has 0 unspecified atom stereocenters. The van der Waals surface area contributed by atoms with Gasteiger partial charge in [0.1, 0.15) is 0 Å². The monoisotopic (exact) mass is 199 g/mol. The van der Waals surface area contributed by atoms with E-state index in [1.807, 2.05) is 0 Å². The van der Waals surface area contributed by atoms with Crippen LogP contribution in [0.2, 0.25) is 0 Å². The SMILES string of the molecule is COCCN(C(C)C)C1CCCCC1. The number of nitrogens with zero attached hydrogens (tertiary/aromatic N) is 1. The van der Waals surface area contributed by atoms with Crippen molar-refractivity contribution >= 4 is 0 Å². The second-order valence-electron chi connectivity index (χ2n) is 4.62. The molecule has 0 aromatic heterocycles. The van der Waals surface area contributed by atoms with Gasteiger partial charge in [0.15, 0.2) is 0 Å². The number of methoxy groups -OCH3 is 1. The molecule has 2 nitrogen and oxygen atoms in total. The molecule has 1 aliphatic carbocycles. The van der Waals surface area contributed by atoms with Gasteiger partial charge in [0.2, 0.25) is 0 Å². The lowest BCUT2D eigenvalue weighted by molar-refractivity contribution is 0.0785. The maximum Gasteiger partial charge on any atom is 0.0589 e. The average molecular weight is 199 g/mol. The number of rotatable bonds is 5. The summed E-state index contributed by atoms with van der Waals surface area (Å²) in [5, 5.41) is 0. The predicted molar refractivity (Wildman–Crippen MR) is 60.6 cm³/mol. The predicted octanol–water partition coefficient (Wildman–Crippen LogP) is 2.68. The molecule has 0 atom stereocenters. The Balaban J connectivity index is 2.39. The highest BCUT2D eigenvalue weighted by atomic mass is 16.5. The molecular formula is C12H25NO. The molecule has 14 heavy (non-hydrogen) atoms. The Hall–Kier alpha value is -0.0800. The Morgan fingerprint density at radius 3 is 2.36 bits per heavy atom. The van der Waals surface area contributed by atoms with E-state index in [1.165, 1.54) is 32.1 Å². The average Bonchev–Trinajstić information content (AvgIpc) is 2.19. The van der Waals surface area contributed by atoms with Crippen LogP contribution in [0.3, 0.4) is 0 Å². The van der Waals surface area contributed by atoms with Gasteiger partial charge in [-0.15, -0.1) is 0 Å². The van der Waals surface area contributed by atoms with Crippen molar-refractivity contribution in [3.8, 4) is 0 Å². The Bertz CT molecular complexity index is 141. The maximum atomic E-state index is 5.17. The van der Waals surface area contributed by atoms with Crippen LogP contribution in [0.4, 0.5) is 0 Å². The van der Waals surface area contributed by atoms with Crippen molar-refractivity contribution in [3.05, 3.63) is 0 Å². The van der Waals surface area contributed by atoms with Crippen LogP contribution in [-0.2, 0) is 4.74 Å². The van der Waals surface area contributed by atoms with Gasteiger partial charge in [0.05, 0.1) is 6.61 Å². The van der Waals surface area contributed by atoms with Crippen LogP contribution in [0, 0.1) is 0 Å². The summed E-state index contributed by atoms with van der Waals surface area (Å²) in [6.45, 7) is 6.56. The van der Waals surface area contributed by atoms with Crippen molar-refractivity contribution in [1.82, 2.24) is 4.90 Å². The van der Waals surface area contributed by atoms with E-state index in [2.05, 4.69) is 18.7 Å². The zero-order valence-corrected chi connectivity index (χ0v) is 9.96. The first-order valence-electron chi connectivity index (χ1n) is 6.00. The Morgan fingerprint density at radius 1 is 1.21 bits per heavy atom. The zero-order valence-electron chi connectivity index (χ0n) is 9.96. The van der Waals surface area contributed by atoms with Crippen molar-refractivity contribution < 1.29 is 4.74 Å². The summed E-state index contributed by atoms with van der Waals surface area (Å²) in [6.07, 6.45) is 7.05. The van der Waals surface area contributed by atoms with E-state index in [9.17, 15) is 0 Å². The van der Waals surface area contributed by atoms with Crippen LogP contribution >= 0.6 is 0 Å². The van der Waals surface area contributed by atoms with Crippen molar-refractivity contribution in [2.75, 3.05) is 20.3 Å². The van der Waals surface area contributed by atoms with Crippen LogP contribution in [-0.4, -0.2) is 37.2 Å². The quantitative estimate of drug-likeness (QED) is 0.675. The normalized spacial score (nSPS) is 19.5. The molecule has 84 valence electrons. The van der Waals surface area contributed by atoms with E-state index < -0.39 is 0 Å². The van der Waals surface area contributed by atoms with Crippen LogP contribution in [0.25, 0.3) is 0 Å². The highest BCUT2D eigenvalue weighted by Crippen LogP contribution is 2.23. The van der Waals surface area contributed by atoms with Crippen LogP contribution < -0.4 is 0 Å². The van der Waals surface area contributed by atoms with E-state index in [0.29, 0.717) is 6.04 Å². The minimum absolute atomic E-state index is 0.660. The molecule has 1 fully saturated rings. The smallest absolute Gasteiger partial charge is 0.0589 e. The van der Waals surface area contributed by atoms with Gasteiger partial charge >= 0.3 is 0 Å². The molecule has 0 aliphatic heterocycles. The Kier molecular flexibility index (Phi) is 5.49. The van der Waals surface area contributed by atoms with Crippen molar-refractivity contribution in [2.45, 2.75) is 58.0 Å². The molecule has 1 aliphatic rings. The minimum Gasteiger partial charge on any atom is -0.383 e. The van der Waals surface area contributed by atoms with Gasteiger partial charge in [-0.1, -0.05) is 19.3 Å². The lowest BCUT2D eigenvalue weighted by atomic mass is 9.93. The first-order valence-corrected chi connectivity index (χ1v) is 6.00. The van der Waals surface area contributed by atoms with Gasteiger partial charge in [-0.05, 0) is 26.7 Å². The van der Waals surface area contributed by atoms with Gasteiger partial charge in [-0.25, -0.2) is 0 Å². The molecule has 0 amide bonds. The topological polar surface area (TPSA) is 12.5 Å². The third-order valence-electron chi connectivity index (χ3n) is 3.26. The molecule has 0 N–H and O–H groups in total. The van der Waals surface area contributed by atoms with Gasteiger partial charge in [-0.3, -0.25) is 4.90 Å². The maximum absolute atomic E-state index is 5.17. The fourth-order valence-electron chi connectivity index (χ4n) is 2.47. The minimum atomic E-state index is 0.660. The van der Waals surface area contributed by atoms with Gasteiger partial charge in [0.25, 0.3) is 0 Å². The summed E-state index contributed by atoms with van der Waals surface area (Å²) in [4.78, 5) is 2.61. The second-order valence-corrected chi connectivity index (χ2v) is 4.62. The molecule has 1 rings (SSSR count). The summed E-state index contributed by atoms with van der Waals surface area (Å²) in [6, 6.07) is 1.48. The van der Waals surface area contributed by atoms with E-state index in [0.717, 1.165) is 19.2 Å². The standard InChI is InChI=1S/C12H25NO/c1-11(2)13(9-10-14-3)12-7-5-4-6-8-12/h11-12H,4-10H2,1-3H3. The molecule has 0 radical (unpaired) electrons. The van der Waals surface area contributed by atoms with Crippen molar-refractivity contribution in [3.63, 3.8) is 0 Å². The summed E-state index contributed by atoms with van der Waals surface area (Å²) >= 11 is 0. The first-order chi connectivity index (χ1) is 6.75. The van der Waals surface area contributed by atoms with E-state index >= 15 is 0 Å². The summed E-state index contributed by atoms with van der Waals surface area (Å²) in [5.41, 5.74) is 0. The highest BCUT2D eigenvalue weighted by Gasteiger charge is 2.22. The second kappa shape index (κ2) is 6.41. The third kappa shape index (κ3) is 3.58. The van der Waals surface area contributed by atoms with Gasteiger partial charge < -0.3 is 4.74 Å². The van der Waals surface area contributed by atoms with Crippen LogP contribution in [0.5, 0.6) is 0 Å². The highest BCUT2D eigenvalue weighted by molar-refractivity contribution is 4.77. The Morgan fingerprint density at radius 2 is 1.86 bits per heavy atom. The molecule has 1 saturated carbocycles. The lowest BCUT2D eigenvalue weighted by Gasteiger charge is -2.37. The number of ether oxygens (including phenoxy) is 1. The zero-order chi connectivity index (χ0) is 10.4. The summed E-state index contributed by atoms with van der Waals surface area (Å²) in [7, 11) is 1.79. The molecule has 0 aromatic carbocycles. The van der Waals surface area contributed by atoms with E-state index in [4.69, 9.17) is 4.74 Å². The number of hydrogen-bond acceptors (Lipinski definition) is 2. The summed E-state index contributed by atoms with van der Waals surface area (Å²) < 4.78 is 5.17. The van der Waals surface area contributed by atoms with Crippen LogP contribution in [0.15, 0.2) is 0 Å². The Labute approximate surface area is 88.6 Å². The van der Waals surface area contributed by atoms with Crippen molar-refractivity contribution in [2.24, 2.45) is 0 Å². The molecule has 0 heterocycles. The van der Waals surface area contributed by atoms with E-state index in [-0.39, 0.29) is 0 Å². The van der Waals surface area contributed by atoms with Gasteiger partial charge in [-0.2, -0.15) is 0 Å². The van der Waals surface area contributed by atoms with Crippen molar-refractivity contribution in [1.29, 1.82) is 0 Å². The summed E-state index contributed by atoms with van der Waals surface area (Å²) in [5.74, 6) is 0. The molecule has 0 saturated heterocycles. The number of hydrogen-bond donors (Lipinski definition) is 0. The molecule has 0 spiro atoms. The molecule has 2 heteroatoms. The van der Waals surface area contributed by atoms with Crippen LogP contribution in [0.1, 0.15) is 46.0 Å². The van der Waals surface area contributed by atoms with E-state index in [1.54, 1.807) is 7.11 Å². The molecule has 0 aromatic rings. The first kappa shape index (κ1) is 12.0. The fraction of sp³-hybridized carbons (Fsp3) is 1.00. The molecule has 0 bridgehead atoms. The van der Waals surface area contributed by atoms with Gasteiger partial charge in [0, 0.05) is 25.7 Å².